The number of carboxylic acids is 1. The Kier molecular flexibility index (Phi) is 10.8. The van der Waals surface area contributed by atoms with Crippen LogP contribution in [-0.4, -0.2) is 62.3 Å². The molecule has 14 heteroatoms. The van der Waals surface area contributed by atoms with E-state index in [-0.39, 0.29) is 24.6 Å². The number of hydrogen-bond acceptors (Lipinski definition) is 7. The van der Waals surface area contributed by atoms with E-state index < -0.39 is 58.7 Å². The minimum absolute atomic E-state index is 0.0640. The van der Waals surface area contributed by atoms with Gasteiger partial charge < -0.3 is 35.1 Å². The minimum Gasteiger partial charge on any atom is -0.479 e. The molecule has 0 spiro atoms. The quantitative estimate of drug-likeness (QED) is 0.239. The molecule has 0 aliphatic rings. The molecule has 0 radical (unpaired) electrons. The van der Waals surface area contributed by atoms with Crippen LogP contribution in [0.4, 0.5) is 19.4 Å². The van der Waals surface area contributed by atoms with Crippen molar-refractivity contribution in [2.45, 2.75) is 64.4 Å². The summed E-state index contributed by atoms with van der Waals surface area (Å²) in [6, 6.07) is 9.04. The van der Waals surface area contributed by atoms with E-state index in [1.807, 2.05) is 30.3 Å². The molecule has 236 valence electrons. The standard InChI is InChI=1S/C30H35F2N5O7/c1-29(2,3)44-28(42)36-30(4,5)27(41)34-22(16-43-15-18-9-7-6-8-10-18)25(38)35-23-14-37(17-33-23)24(26(39)40)19-11-12-20(31)21(32)13-19/h6-14,17,22,24H,15-16H2,1-5H3,(H,34,41)(H,35,38)(H,36,42)(H,39,40). The number of nitrogens with zero attached hydrogens (tertiary/aromatic N) is 2. The highest BCUT2D eigenvalue weighted by molar-refractivity contribution is 5.98. The smallest absolute Gasteiger partial charge is 0.408 e. The van der Waals surface area contributed by atoms with Crippen LogP contribution in [0.3, 0.4) is 0 Å². The number of carboxylic acid groups (broad SMARTS) is 1. The van der Waals surface area contributed by atoms with Gasteiger partial charge in [0.2, 0.25) is 5.91 Å². The van der Waals surface area contributed by atoms with Crippen molar-refractivity contribution in [2.75, 3.05) is 11.9 Å². The summed E-state index contributed by atoms with van der Waals surface area (Å²) in [6.07, 6.45) is 1.46. The number of carbonyl (C=O) groups is 4. The van der Waals surface area contributed by atoms with Crippen molar-refractivity contribution in [3.63, 3.8) is 0 Å². The van der Waals surface area contributed by atoms with Gasteiger partial charge in [-0.25, -0.2) is 23.4 Å². The lowest BCUT2D eigenvalue weighted by Gasteiger charge is -2.29. The normalized spacial score (nSPS) is 13.0. The van der Waals surface area contributed by atoms with E-state index >= 15 is 0 Å². The summed E-state index contributed by atoms with van der Waals surface area (Å²) in [5.74, 6) is -5.31. The zero-order valence-corrected chi connectivity index (χ0v) is 24.9. The second-order valence-electron chi connectivity index (χ2n) is 11.4. The first-order valence-corrected chi connectivity index (χ1v) is 13.5. The van der Waals surface area contributed by atoms with Crippen molar-refractivity contribution in [1.82, 2.24) is 20.2 Å². The lowest BCUT2D eigenvalue weighted by atomic mass is 10.0. The van der Waals surface area contributed by atoms with Crippen molar-refractivity contribution < 1.29 is 42.5 Å². The summed E-state index contributed by atoms with van der Waals surface area (Å²) >= 11 is 0. The summed E-state index contributed by atoms with van der Waals surface area (Å²) < 4.78 is 39.2. The summed E-state index contributed by atoms with van der Waals surface area (Å²) in [7, 11) is 0. The van der Waals surface area contributed by atoms with Crippen LogP contribution < -0.4 is 16.0 Å². The van der Waals surface area contributed by atoms with Gasteiger partial charge in [0.25, 0.3) is 5.91 Å². The van der Waals surface area contributed by atoms with Gasteiger partial charge in [-0.3, -0.25) is 9.59 Å². The zero-order valence-electron chi connectivity index (χ0n) is 24.9. The second-order valence-corrected chi connectivity index (χ2v) is 11.4. The van der Waals surface area contributed by atoms with Crippen LogP contribution in [0.25, 0.3) is 0 Å². The number of aliphatic carboxylic acids is 1. The van der Waals surface area contributed by atoms with Crippen LogP contribution in [0.15, 0.2) is 61.1 Å². The number of hydrogen-bond donors (Lipinski definition) is 4. The first kappa shape index (κ1) is 33.6. The number of anilines is 1. The molecule has 2 aromatic carbocycles. The highest BCUT2D eigenvalue weighted by Crippen LogP contribution is 2.22. The third-order valence-corrected chi connectivity index (χ3v) is 6.04. The maximum atomic E-state index is 13.8. The van der Waals surface area contributed by atoms with Crippen LogP contribution in [0.2, 0.25) is 0 Å². The summed E-state index contributed by atoms with van der Waals surface area (Å²) in [6.45, 7) is 7.72. The van der Waals surface area contributed by atoms with E-state index in [1.54, 1.807) is 20.8 Å². The topological polar surface area (TPSA) is 161 Å². The second kappa shape index (κ2) is 14.1. The molecule has 0 fully saturated rings. The van der Waals surface area contributed by atoms with Gasteiger partial charge in [-0.05, 0) is 57.9 Å². The maximum absolute atomic E-state index is 13.8. The molecule has 0 aliphatic carbocycles. The molecule has 2 atom stereocenters. The Labute approximate surface area is 252 Å². The molecule has 3 aromatic rings. The van der Waals surface area contributed by atoms with Gasteiger partial charge in [-0.2, -0.15) is 0 Å². The molecule has 1 heterocycles. The molecule has 12 nitrogen and oxygen atoms in total. The van der Waals surface area contributed by atoms with Gasteiger partial charge in [0.05, 0.1) is 19.5 Å². The molecule has 4 N–H and O–H groups in total. The molecule has 3 amide bonds. The summed E-state index contributed by atoms with van der Waals surface area (Å²) in [5, 5.41) is 17.3. The number of benzene rings is 2. The lowest BCUT2D eigenvalue weighted by molar-refractivity contribution is -0.139. The molecule has 0 saturated carbocycles. The Balaban J connectivity index is 1.77. The fourth-order valence-electron chi connectivity index (χ4n) is 3.89. The number of carbonyl (C=O) groups excluding carboxylic acids is 3. The van der Waals surface area contributed by atoms with Gasteiger partial charge in [-0.1, -0.05) is 36.4 Å². The summed E-state index contributed by atoms with van der Waals surface area (Å²) in [4.78, 5) is 54.8. The van der Waals surface area contributed by atoms with E-state index in [0.29, 0.717) is 0 Å². The fraction of sp³-hybridized carbons (Fsp3) is 0.367. The number of alkyl carbamates (subject to hydrolysis) is 1. The summed E-state index contributed by atoms with van der Waals surface area (Å²) in [5.41, 5.74) is -1.55. The number of rotatable bonds is 12. The van der Waals surface area contributed by atoms with Crippen LogP contribution in [0.5, 0.6) is 0 Å². The zero-order chi connectivity index (χ0) is 32.7. The predicted octanol–water partition coefficient (Wildman–Crippen LogP) is 3.78. The van der Waals surface area contributed by atoms with Crippen molar-refractivity contribution in [3.8, 4) is 0 Å². The maximum Gasteiger partial charge on any atom is 0.408 e. The van der Waals surface area contributed by atoms with Crippen LogP contribution in [0.1, 0.15) is 51.8 Å². The van der Waals surface area contributed by atoms with Gasteiger partial charge in [0.1, 0.15) is 17.2 Å². The number of aromatic nitrogens is 2. The van der Waals surface area contributed by atoms with Crippen molar-refractivity contribution in [1.29, 1.82) is 0 Å². The lowest BCUT2D eigenvalue weighted by Crippen LogP contribution is -2.59. The number of nitrogens with one attached hydrogen (secondary N) is 3. The Bertz CT molecular complexity index is 1490. The molecule has 3 rings (SSSR count). The Morgan fingerprint density at radius 2 is 1.68 bits per heavy atom. The average Bonchev–Trinajstić information content (AvgIpc) is 3.36. The molecule has 2 unspecified atom stereocenters. The van der Waals surface area contributed by atoms with E-state index in [1.165, 1.54) is 20.0 Å². The monoisotopic (exact) mass is 615 g/mol. The van der Waals surface area contributed by atoms with Gasteiger partial charge in [-0.15, -0.1) is 0 Å². The Morgan fingerprint density at radius 1 is 1.00 bits per heavy atom. The van der Waals surface area contributed by atoms with Crippen LogP contribution >= 0.6 is 0 Å². The molecule has 0 bridgehead atoms. The molecule has 0 aliphatic heterocycles. The fourth-order valence-corrected chi connectivity index (χ4v) is 3.89. The molecular formula is C30H35F2N5O7. The van der Waals surface area contributed by atoms with Gasteiger partial charge >= 0.3 is 12.1 Å². The van der Waals surface area contributed by atoms with Gasteiger partial charge in [0, 0.05) is 6.20 Å². The molecular weight excluding hydrogens is 580 g/mol. The Morgan fingerprint density at radius 3 is 2.30 bits per heavy atom. The largest absolute Gasteiger partial charge is 0.479 e. The van der Waals surface area contributed by atoms with E-state index in [0.717, 1.165) is 34.7 Å². The number of ether oxygens (including phenoxy) is 2. The first-order valence-electron chi connectivity index (χ1n) is 13.5. The third kappa shape index (κ3) is 9.59. The highest BCUT2D eigenvalue weighted by Gasteiger charge is 2.35. The Hall–Kier alpha value is -4.85. The average molecular weight is 616 g/mol. The SMILES string of the molecule is CC(C)(C)OC(=O)NC(C)(C)C(=O)NC(COCc1ccccc1)C(=O)Nc1cn(C(C(=O)O)c2ccc(F)c(F)c2)cn1. The molecule has 0 saturated heterocycles. The van der Waals surface area contributed by atoms with E-state index in [4.69, 9.17) is 9.47 Å². The number of imidazole rings is 1. The van der Waals surface area contributed by atoms with E-state index in [2.05, 4.69) is 20.9 Å². The van der Waals surface area contributed by atoms with E-state index in [9.17, 15) is 33.1 Å². The molecule has 1 aromatic heterocycles. The molecule has 44 heavy (non-hydrogen) atoms. The minimum atomic E-state index is -1.50. The van der Waals surface area contributed by atoms with Crippen LogP contribution in [-0.2, 0) is 30.5 Å². The van der Waals surface area contributed by atoms with Crippen molar-refractivity contribution in [2.24, 2.45) is 0 Å². The number of halogens is 2. The first-order chi connectivity index (χ1) is 20.6. The van der Waals surface area contributed by atoms with Crippen molar-refractivity contribution in [3.05, 3.63) is 83.8 Å². The highest BCUT2D eigenvalue weighted by atomic mass is 19.2. The predicted molar refractivity (Wildman–Crippen MR) is 154 cm³/mol. The van der Waals surface area contributed by atoms with Crippen LogP contribution in [0, 0.1) is 11.6 Å². The third-order valence-electron chi connectivity index (χ3n) is 6.04. The van der Waals surface area contributed by atoms with Gasteiger partial charge in [0.15, 0.2) is 23.5 Å². The van der Waals surface area contributed by atoms with Crippen molar-refractivity contribution >= 4 is 29.7 Å². The number of amides is 3.